The lowest BCUT2D eigenvalue weighted by Gasteiger charge is -2.38. The summed E-state index contributed by atoms with van der Waals surface area (Å²) >= 11 is 0. The summed E-state index contributed by atoms with van der Waals surface area (Å²) in [7, 11) is 0. The average molecular weight is 196 g/mol. The predicted octanol–water partition coefficient (Wildman–Crippen LogP) is 1.74. The number of rotatable bonds is 3. The summed E-state index contributed by atoms with van der Waals surface area (Å²) in [4.78, 5) is 0. The van der Waals surface area contributed by atoms with Crippen molar-refractivity contribution in [3.8, 4) is 0 Å². The van der Waals surface area contributed by atoms with Crippen LogP contribution in [0.5, 0.6) is 0 Å². The molecule has 1 aromatic heterocycles. The number of hydrogen-bond acceptors (Lipinski definition) is 4. The first kappa shape index (κ1) is 9.52. The fraction of sp³-hybridized carbons (Fsp3) is 0.700. The topological polar surface area (TPSA) is 47.3 Å². The van der Waals surface area contributed by atoms with Crippen LogP contribution in [0.4, 0.5) is 5.69 Å². The Bertz CT molecular complexity index is 309. The second-order valence-electron chi connectivity index (χ2n) is 4.36. The zero-order valence-electron chi connectivity index (χ0n) is 8.89. The first-order valence-corrected chi connectivity index (χ1v) is 4.85. The van der Waals surface area contributed by atoms with Crippen LogP contribution in [0.3, 0.4) is 0 Å². The van der Waals surface area contributed by atoms with Crippen LogP contribution >= 0.6 is 0 Å². The zero-order valence-corrected chi connectivity index (χ0v) is 8.89. The van der Waals surface area contributed by atoms with E-state index in [1.807, 2.05) is 13.8 Å². The van der Waals surface area contributed by atoms with Gasteiger partial charge in [0.05, 0.1) is 13.2 Å². The van der Waals surface area contributed by atoms with Gasteiger partial charge in [0.25, 0.3) is 0 Å². The summed E-state index contributed by atoms with van der Waals surface area (Å²) in [6.45, 7) is 8.66. The maximum atomic E-state index is 5.19. The van der Waals surface area contributed by atoms with Gasteiger partial charge in [-0.05, 0) is 13.8 Å². The molecule has 4 heteroatoms. The highest BCUT2D eigenvalue weighted by atomic mass is 16.5. The minimum atomic E-state index is 0.274. The molecule has 4 nitrogen and oxygen atoms in total. The van der Waals surface area contributed by atoms with Crippen LogP contribution in [0, 0.1) is 19.3 Å². The van der Waals surface area contributed by atoms with E-state index in [9.17, 15) is 0 Å². The van der Waals surface area contributed by atoms with Gasteiger partial charge in [0.15, 0.2) is 5.76 Å². The number of hydrogen-bond donors (Lipinski definition) is 1. The Hall–Kier alpha value is -1.03. The molecule has 1 fully saturated rings. The van der Waals surface area contributed by atoms with Gasteiger partial charge in [-0.2, -0.15) is 0 Å². The largest absolute Gasteiger partial charge is 0.380 e. The second kappa shape index (κ2) is 3.28. The van der Waals surface area contributed by atoms with Crippen molar-refractivity contribution in [3.63, 3.8) is 0 Å². The van der Waals surface area contributed by atoms with Gasteiger partial charge < -0.3 is 14.6 Å². The third kappa shape index (κ3) is 1.62. The van der Waals surface area contributed by atoms with Crippen molar-refractivity contribution in [1.29, 1.82) is 0 Å². The van der Waals surface area contributed by atoms with Crippen LogP contribution in [0.2, 0.25) is 0 Å². The van der Waals surface area contributed by atoms with E-state index in [0.29, 0.717) is 0 Å². The third-order valence-electron chi connectivity index (χ3n) is 2.63. The van der Waals surface area contributed by atoms with E-state index in [0.717, 1.165) is 36.9 Å². The fourth-order valence-electron chi connectivity index (χ4n) is 1.59. The van der Waals surface area contributed by atoms with E-state index in [-0.39, 0.29) is 5.41 Å². The van der Waals surface area contributed by atoms with Gasteiger partial charge in [-0.25, -0.2) is 0 Å². The quantitative estimate of drug-likeness (QED) is 0.800. The summed E-state index contributed by atoms with van der Waals surface area (Å²) < 4.78 is 10.3. The molecule has 0 aliphatic carbocycles. The molecular weight excluding hydrogens is 180 g/mol. The molecule has 14 heavy (non-hydrogen) atoms. The molecule has 1 aliphatic rings. The zero-order chi connectivity index (χ0) is 10.2. The van der Waals surface area contributed by atoms with E-state index >= 15 is 0 Å². The Morgan fingerprint density at radius 2 is 2.14 bits per heavy atom. The number of nitrogens with one attached hydrogen (secondary N) is 1. The van der Waals surface area contributed by atoms with E-state index in [1.54, 1.807) is 0 Å². The standard InChI is InChI=1S/C10H16N2O2/c1-7-9(8(2)14-12-7)11-4-10(3)5-13-6-10/h11H,4-6H2,1-3H3. The van der Waals surface area contributed by atoms with E-state index in [4.69, 9.17) is 9.26 Å². The summed E-state index contributed by atoms with van der Waals surface area (Å²) in [6.07, 6.45) is 0. The molecule has 1 aromatic rings. The fourth-order valence-corrected chi connectivity index (χ4v) is 1.59. The van der Waals surface area contributed by atoms with Crippen molar-refractivity contribution >= 4 is 5.69 Å². The van der Waals surface area contributed by atoms with Crippen molar-refractivity contribution in [2.45, 2.75) is 20.8 Å². The van der Waals surface area contributed by atoms with Crippen LogP contribution in [0.15, 0.2) is 4.52 Å². The van der Waals surface area contributed by atoms with Crippen LogP contribution in [-0.4, -0.2) is 24.9 Å². The van der Waals surface area contributed by atoms with Crippen molar-refractivity contribution in [1.82, 2.24) is 5.16 Å². The SMILES string of the molecule is Cc1noc(C)c1NCC1(C)COC1. The molecule has 2 heterocycles. The van der Waals surface area contributed by atoms with Crippen molar-refractivity contribution in [2.24, 2.45) is 5.41 Å². The molecule has 0 atom stereocenters. The number of aromatic nitrogens is 1. The highest BCUT2D eigenvalue weighted by Crippen LogP contribution is 2.28. The number of aryl methyl sites for hydroxylation is 2. The van der Waals surface area contributed by atoms with Gasteiger partial charge in [0, 0.05) is 12.0 Å². The lowest BCUT2D eigenvalue weighted by atomic mass is 9.88. The number of nitrogens with zero attached hydrogens (tertiary/aromatic N) is 1. The van der Waals surface area contributed by atoms with Crippen LogP contribution in [-0.2, 0) is 4.74 Å². The molecule has 1 aliphatic heterocycles. The predicted molar refractivity (Wildman–Crippen MR) is 53.4 cm³/mol. The van der Waals surface area contributed by atoms with Gasteiger partial charge >= 0.3 is 0 Å². The number of ether oxygens (including phenoxy) is 1. The molecule has 0 bridgehead atoms. The lowest BCUT2D eigenvalue weighted by Crippen LogP contribution is -2.45. The maximum absolute atomic E-state index is 5.19. The van der Waals surface area contributed by atoms with Crippen LogP contribution in [0.25, 0.3) is 0 Å². The molecule has 0 amide bonds. The summed E-state index contributed by atoms with van der Waals surface area (Å²) in [5.41, 5.74) is 2.22. The molecule has 1 N–H and O–H groups in total. The molecule has 2 rings (SSSR count). The minimum absolute atomic E-state index is 0.274. The first-order chi connectivity index (χ1) is 6.61. The monoisotopic (exact) mass is 196 g/mol. The second-order valence-corrected chi connectivity index (χ2v) is 4.36. The van der Waals surface area contributed by atoms with Gasteiger partial charge in [-0.15, -0.1) is 0 Å². The molecule has 0 spiro atoms. The van der Waals surface area contributed by atoms with E-state index in [1.165, 1.54) is 0 Å². The van der Waals surface area contributed by atoms with Gasteiger partial charge in [0.2, 0.25) is 0 Å². The van der Waals surface area contributed by atoms with Crippen molar-refractivity contribution < 1.29 is 9.26 Å². The maximum Gasteiger partial charge on any atom is 0.156 e. The molecule has 1 saturated heterocycles. The van der Waals surface area contributed by atoms with Crippen molar-refractivity contribution in [3.05, 3.63) is 11.5 Å². The summed E-state index contributed by atoms with van der Waals surface area (Å²) in [5.74, 6) is 0.853. The van der Waals surface area contributed by atoms with Crippen LogP contribution < -0.4 is 5.32 Å². The van der Waals surface area contributed by atoms with Gasteiger partial charge in [-0.3, -0.25) is 0 Å². The average Bonchev–Trinajstić information content (AvgIpc) is 2.41. The third-order valence-corrected chi connectivity index (χ3v) is 2.63. The summed E-state index contributed by atoms with van der Waals surface area (Å²) in [6, 6.07) is 0. The molecule has 0 aromatic carbocycles. The number of anilines is 1. The Morgan fingerprint density at radius 1 is 1.43 bits per heavy atom. The van der Waals surface area contributed by atoms with Crippen molar-refractivity contribution in [2.75, 3.05) is 25.1 Å². The van der Waals surface area contributed by atoms with Gasteiger partial charge in [0.1, 0.15) is 11.4 Å². The molecule has 0 saturated carbocycles. The molecule has 78 valence electrons. The molecular formula is C10H16N2O2. The summed E-state index contributed by atoms with van der Waals surface area (Å²) in [5, 5.41) is 7.26. The minimum Gasteiger partial charge on any atom is -0.380 e. The highest BCUT2D eigenvalue weighted by molar-refractivity contribution is 5.50. The Balaban J connectivity index is 1.97. The molecule has 0 radical (unpaired) electrons. The first-order valence-electron chi connectivity index (χ1n) is 4.85. The normalized spacial score (nSPS) is 19.1. The smallest absolute Gasteiger partial charge is 0.156 e. The van der Waals surface area contributed by atoms with E-state index < -0.39 is 0 Å². The Kier molecular flexibility index (Phi) is 2.23. The van der Waals surface area contributed by atoms with E-state index in [2.05, 4.69) is 17.4 Å². The van der Waals surface area contributed by atoms with Gasteiger partial charge in [-0.1, -0.05) is 12.1 Å². The lowest BCUT2D eigenvalue weighted by molar-refractivity contribution is -0.0924. The Morgan fingerprint density at radius 3 is 2.57 bits per heavy atom. The molecule has 0 unspecified atom stereocenters. The highest BCUT2D eigenvalue weighted by Gasteiger charge is 2.33. The Labute approximate surface area is 83.6 Å². The van der Waals surface area contributed by atoms with Crippen LogP contribution in [0.1, 0.15) is 18.4 Å².